The maximum atomic E-state index is 9.12. The summed E-state index contributed by atoms with van der Waals surface area (Å²) in [5.41, 5.74) is 1.26. The highest BCUT2D eigenvalue weighted by Gasteiger charge is 2.28. The van der Waals surface area contributed by atoms with E-state index in [-0.39, 0.29) is 6.61 Å². The van der Waals surface area contributed by atoms with Gasteiger partial charge in [-0.1, -0.05) is 6.07 Å². The lowest BCUT2D eigenvalue weighted by molar-refractivity contribution is 0.0358. The Morgan fingerprint density at radius 3 is 2.94 bits per heavy atom. The van der Waals surface area contributed by atoms with Crippen molar-refractivity contribution in [3.8, 4) is 0 Å². The van der Waals surface area contributed by atoms with Crippen LogP contribution in [-0.4, -0.2) is 58.7 Å². The fourth-order valence-electron chi connectivity index (χ4n) is 2.68. The second kappa shape index (κ2) is 6.27. The van der Waals surface area contributed by atoms with Crippen molar-refractivity contribution in [2.24, 2.45) is 0 Å². The summed E-state index contributed by atoms with van der Waals surface area (Å²) in [7, 11) is 2.15. The predicted octanol–water partition coefficient (Wildman–Crippen LogP) is 0.968. The van der Waals surface area contributed by atoms with Gasteiger partial charge < -0.3 is 10.0 Å². The lowest BCUT2D eigenvalue weighted by Gasteiger charge is -2.43. The van der Waals surface area contributed by atoms with E-state index in [4.69, 9.17) is 5.11 Å². The van der Waals surface area contributed by atoms with Crippen molar-refractivity contribution in [2.75, 3.05) is 26.7 Å². The monoisotopic (exact) mass is 249 g/mol. The minimum Gasteiger partial charge on any atom is -0.396 e. The first-order valence-electron chi connectivity index (χ1n) is 6.64. The molecule has 4 nitrogen and oxygen atoms in total. The first-order chi connectivity index (χ1) is 8.70. The number of rotatable bonds is 4. The molecule has 0 aliphatic carbocycles. The molecule has 0 spiro atoms. The molecule has 1 fully saturated rings. The van der Waals surface area contributed by atoms with Gasteiger partial charge in [-0.05, 0) is 32.0 Å². The van der Waals surface area contributed by atoms with Crippen LogP contribution in [0, 0.1) is 0 Å². The van der Waals surface area contributed by atoms with Gasteiger partial charge in [0.15, 0.2) is 0 Å². The van der Waals surface area contributed by atoms with Gasteiger partial charge in [-0.3, -0.25) is 9.88 Å². The maximum absolute atomic E-state index is 9.12. The summed E-state index contributed by atoms with van der Waals surface area (Å²) in [6.45, 7) is 5.56. The summed E-state index contributed by atoms with van der Waals surface area (Å²) in [6, 6.07) is 5.12. The van der Waals surface area contributed by atoms with E-state index in [1.807, 2.05) is 18.5 Å². The van der Waals surface area contributed by atoms with Crippen LogP contribution in [0.3, 0.4) is 0 Å². The van der Waals surface area contributed by atoms with Gasteiger partial charge in [-0.25, -0.2) is 0 Å². The highest BCUT2D eigenvalue weighted by atomic mass is 16.3. The minimum absolute atomic E-state index is 0.268. The molecule has 1 aliphatic rings. The van der Waals surface area contributed by atoms with Crippen LogP contribution in [0.15, 0.2) is 24.5 Å². The van der Waals surface area contributed by atoms with E-state index in [2.05, 4.69) is 34.8 Å². The average molecular weight is 249 g/mol. The van der Waals surface area contributed by atoms with Crippen molar-refractivity contribution in [3.63, 3.8) is 0 Å². The number of pyridine rings is 1. The van der Waals surface area contributed by atoms with Gasteiger partial charge in [0.1, 0.15) is 0 Å². The summed E-state index contributed by atoms with van der Waals surface area (Å²) in [4.78, 5) is 9.01. The summed E-state index contributed by atoms with van der Waals surface area (Å²) in [5.74, 6) is 0. The predicted molar refractivity (Wildman–Crippen MR) is 72.2 cm³/mol. The zero-order valence-corrected chi connectivity index (χ0v) is 11.3. The lowest BCUT2D eigenvalue weighted by Crippen LogP contribution is -2.55. The van der Waals surface area contributed by atoms with Crippen LogP contribution in [-0.2, 0) is 6.54 Å². The molecule has 1 aliphatic heterocycles. The Hall–Kier alpha value is -0.970. The SMILES string of the molecule is CC1CN(C)C(CCO)CN1Cc1cccnc1. The molecule has 0 amide bonds. The highest BCUT2D eigenvalue weighted by Crippen LogP contribution is 2.18. The third-order valence-electron chi connectivity index (χ3n) is 3.81. The van der Waals surface area contributed by atoms with E-state index in [0.717, 1.165) is 26.1 Å². The molecule has 0 aromatic carbocycles. The molecule has 4 heteroatoms. The topological polar surface area (TPSA) is 39.6 Å². The van der Waals surface area contributed by atoms with Gasteiger partial charge in [-0.15, -0.1) is 0 Å². The molecule has 2 unspecified atom stereocenters. The standard InChI is InChI=1S/C14H23N3O/c1-12-9-16(2)14(5-7-18)11-17(12)10-13-4-3-6-15-8-13/h3-4,6,8,12,14,18H,5,7,9-11H2,1-2H3. The number of aliphatic hydroxyl groups is 1. The lowest BCUT2D eigenvalue weighted by atomic mass is 10.0. The van der Waals surface area contributed by atoms with Crippen molar-refractivity contribution < 1.29 is 5.11 Å². The zero-order valence-electron chi connectivity index (χ0n) is 11.3. The molecule has 2 rings (SSSR count). The van der Waals surface area contributed by atoms with Crippen molar-refractivity contribution in [3.05, 3.63) is 30.1 Å². The Labute approximate surface area is 109 Å². The summed E-state index contributed by atoms with van der Waals surface area (Å²) >= 11 is 0. The molecule has 0 radical (unpaired) electrons. The van der Waals surface area contributed by atoms with Crippen LogP contribution < -0.4 is 0 Å². The Balaban J connectivity index is 1.99. The fourth-order valence-corrected chi connectivity index (χ4v) is 2.68. The molecule has 1 N–H and O–H groups in total. The first kappa shape index (κ1) is 13.5. The fraction of sp³-hybridized carbons (Fsp3) is 0.643. The maximum Gasteiger partial charge on any atom is 0.0446 e. The van der Waals surface area contributed by atoms with Crippen molar-refractivity contribution in [2.45, 2.75) is 32.0 Å². The number of nitrogens with zero attached hydrogens (tertiary/aromatic N) is 3. The number of aromatic nitrogens is 1. The molecule has 2 heterocycles. The van der Waals surface area contributed by atoms with Crippen LogP contribution in [0.2, 0.25) is 0 Å². The average Bonchev–Trinajstić information content (AvgIpc) is 2.37. The molecule has 100 valence electrons. The number of hydrogen-bond donors (Lipinski definition) is 1. The van der Waals surface area contributed by atoms with E-state index in [0.29, 0.717) is 12.1 Å². The van der Waals surface area contributed by atoms with E-state index in [1.54, 1.807) is 0 Å². The molecule has 18 heavy (non-hydrogen) atoms. The van der Waals surface area contributed by atoms with Gasteiger partial charge in [0.25, 0.3) is 0 Å². The molecule has 0 saturated carbocycles. The Morgan fingerprint density at radius 1 is 1.44 bits per heavy atom. The van der Waals surface area contributed by atoms with E-state index in [9.17, 15) is 0 Å². The van der Waals surface area contributed by atoms with Gasteiger partial charge in [0.2, 0.25) is 0 Å². The molecule has 0 bridgehead atoms. The molecule has 1 aromatic rings. The second-order valence-corrected chi connectivity index (χ2v) is 5.25. The minimum atomic E-state index is 0.268. The number of hydrogen-bond acceptors (Lipinski definition) is 4. The third-order valence-corrected chi connectivity index (χ3v) is 3.81. The van der Waals surface area contributed by atoms with Crippen LogP contribution in [0.5, 0.6) is 0 Å². The van der Waals surface area contributed by atoms with E-state index >= 15 is 0 Å². The Bertz CT molecular complexity index is 357. The van der Waals surface area contributed by atoms with Crippen molar-refractivity contribution in [1.82, 2.24) is 14.8 Å². The summed E-state index contributed by atoms with van der Waals surface area (Å²) in [5, 5.41) is 9.12. The normalized spacial score (nSPS) is 26.4. The molecular weight excluding hydrogens is 226 g/mol. The number of likely N-dealkylation sites (N-methyl/N-ethyl adjacent to an activating group) is 1. The molecular formula is C14H23N3O. The first-order valence-corrected chi connectivity index (χ1v) is 6.64. The van der Waals surface area contributed by atoms with Crippen LogP contribution >= 0.6 is 0 Å². The largest absolute Gasteiger partial charge is 0.396 e. The summed E-state index contributed by atoms with van der Waals surface area (Å²) in [6.07, 6.45) is 4.60. The third kappa shape index (κ3) is 3.28. The van der Waals surface area contributed by atoms with Crippen LogP contribution in [0.25, 0.3) is 0 Å². The summed E-state index contributed by atoms with van der Waals surface area (Å²) < 4.78 is 0. The van der Waals surface area contributed by atoms with Crippen LogP contribution in [0.4, 0.5) is 0 Å². The smallest absolute Gasteiger partial charge is 0.0446 e. The number of aliphatic hydroxyl groups excluding tert-OH is 1. The van der Waals surface area contributed by atoms with Gasteiger partial charge >= 0.3 is 0 Å². The second-order valence-electron chi connectivity index (χ2n) is 5.25. The zero-order chi connectivity index (χ0) is 13.0. The van der Waals surface area contributed by atoms with Crippen molar-refractivity contribution in [1.29, 1.82) is 0 Å². The van der Waals surface area contributed by atoms with Gasteiger partial charge in [-0.2, -0.15) is 0 Å². The van der Waals surface area contributed by atoms with Gasteiger partial charge in [0.05, 0.1) is 0 Å². The molecule has 1 saturated heterocycles. The van der Waals surface area contributed by atoms with E-state index in [1.165, 1.54) is 5.56 Å². The van der Waals surface area contributed by atoms with Crippen LogP contribution in [0.1, 0.15) is 18.9 Å². The quantitative estimate of drug-likeness (QED) is 0.863. The molecule has 1 aromatic heterocycles. The number of piperazine rings is 1. The van der Waals surface area contributed by atoms with Gasteiger partial charge in [0, 0.05) is 50.7 Å². The Morgan fingerprint density at radius 2 is 2.28 bits per heavy atom. The Kier molecular flexibility index (Phi) is 4.69. The highest BCUT2D eigenvalue weighted by molar-refractivity contribution is 5.08. The van der Waals surface area contributed by atoms with E-state index < -0.39 is 0 Å². The van der Waals surface area contributed by atoms with Crippen molar-refractivity contribution >= 4 is 0 Å². The molecule has 2 atom stereocenters.